The van der Waals surface area contributed by atoms with E-state index in [2.05, 4.69) is 6.07 Å². The highest BCUT2D eigenvalue weighted by molar-refractivity contribution is 6.17. The predicted octanol–water partition coefficient (Wildman–Crippen LogP) is 5.20. The predicted molar refractivity (Wildman–Crippen MR) is 116 cm³/mol. The number of hydrogen-bond donors (Lipinski definition) is 0. The van der Waals surface area contributed by atoms with Gasteiger partial charge in [0.15, 0.2) is 6.10 Å². The maximum atomic E-state index is 13.2. The average Bonchev–Trinajstić information content (AvgIpc) is 2.76. The number of likely N-dealkylation sites (N-methyl/N-ethyl adjacent to an activating group) is 1. The zero-order valence-electron chi connectivity index (χ0n) is 16.3. The molecule has 0 saturated carbocycles. The van der Waals surface area contributed by atoms with Gasteiger partial charge in [0.25, 0.3) is 5.91 Å². The second-order valence-corrected chi connectivity index (χ2v) is 6.97. The number of carbonyl (C=O) groups excluding carboxylic acids is 2. The number of ether oxygens (including phenoxy) is 1. The zero-order chi connectivity index (χ0) is 20.4. The quantitative estimate of drug-likeness (QED) is 0.359. The summed E-state index contributed by atoms with van der Waals surface area (Å²) in [7, 11) is 1.68. The Kier molecular flexibility index (Phi) is 5.00. The van der Waals surface area contributed by atoms with Crippen molar-refractivity contribution in [3.8, 4) is 0 Å². The molecule has 0 aliphatic carbocycles. The lowest BCUT2D eigenvalue weighted by molar-refractivity contribution is -0.126. The van der Waals surface area contributed by atoms with E-state index in [1.54, 1.807) is 14.0 Å². The SMILES string of the molecule is CC(OC(=O)c1c2ccccc2cc2ccccc12)C(=O)N(C)c1ccccc1. The minimum absolute atomic E-state index is 0.283. The lowest BCUT2D eigenvalue weighted by atomic mass is 9.97. The molecule has 0 N–H and O–H groups in total. The van der Waals surface area contributed by atoms with Crippen molar-refractivity contribution < 1.29 is 14.3 Å². The molecule has 4 heteroatoms. The van der Waals surface area contributed by atoms with Gasteiger partial charge in [-0.25, -0.2) is 4.79 Å². The molecular weight excluding hydrogens is 362 g/mol. The molecule has 0 heterocycles. The Morgan fingerprint density at radius 1 is 0.793 bits per heavy atom. The smallest absolute Gasteiger partial charge is 0.340 e. The van der Waals surface area contributed by atoms with Crippen LogP contribution in [0, 0.1) is 0 Å². The maximum absolute atomic E-state index is 13.2. The topological polar surface area (TPSA) is 46.6 Å². The van der Waals surface area contributed by atoms with E-state index < -0.39 is 12.1 Å². The monoisotopic (exact) mass is 383 g/mol. The number of hydrogen-bond acceptors (Lipinski definition) is 3. The van der Waals surface area contributed by atoms with E-state index in [-0.39, 0.29) is 5.91 Å². The Bertz CT molecular complexity index is 1150. The number of fused-ring (bicyclic) bond motifs is 2. The number of benzene rings is 4. The van der Waals surface area contributed by atoms with Crippen LogP contribution in [0.2, 0.25) is 0 Å². The number of para-hydroxylation sites is 1. The summed E-state index contributed by atoms with van der Waals surface area (Å²) in [6, 6.07) is 26.7. The summed E-state index contributed by atoms with van der Waals surface area (Å²) in [5.74, 6) is -0.783. The van der Waals surface area contributed by atoms with Crippen LogP contribution in [0.25, 0.3) is 21.5 Å². The average molecular weight is 383 g/mol. The van der Waals surface area contributed by atoms with Crippen LogP contribution in [0.3, 0.4) is 0 Å². The summed E-state index contributed by atoms with van der Waals surface area (Å²) in [6.45, 7) is 1.60. The van der Waals surface area contributed by atoms with Crippen LogP contribution < -0.4 is 4.90 Å². The third kappa shape index (κ3) is 3.57. The summed E-state index contributed by atoms with van der Waals surface area (Å²) < 4.78 is 5.63. The third-order valence-corrected chi connectivity index (χ3v) is 5.08. The maximum Gasteiger partial charge on any atom is 0.340 e. The van der Waals surface area contributed by atoms with Crippen LogP contribution in [0.4, 0.5) is 5.69 Å². The van der Waals surface area contributed by atoms with Gasteiger partial charge >= 0.3 is 5.97 Å². The molecule has 0 fully saturated rings. The van der Waals surface area contributed by atoms with Crippen LogP contribution in [-0.2, 0) is 9.53 Å². The molecule has 0 saturated heterocycles. The second-order valence-electron chi connectivity index (χ2n) is 6.97. The highest BCUT2D eigenvalue weighted by atomic mass is 16.5. The lowest BCUT2D eigenvalue weighted by Gasteiger charge is -2.22. The highest BCUT2D eigenvalue weighted by Gasteiger charge is 2.25. The molecule has 1 amide bonds. The third-order valence-electron chi connectivity index (χ3n) is 5.08. The Balaban J connectivity index is 1.67. The number of rotatable bonds is 4. The number of carbonyl (C=O) groups is 2. The van der Waals surface area contributed by atoms with Gasteiger partial charge in [-0.05, 0) is 46.7 Å². The summed E-state index contributed by atoms with van der Waals surface area (Å²) in [4.78, 5) is 27.4. The Morgan fingerprint density at radius 3 is 1.90 bits per heavy atom. The molecule has 0 aromatic heterocycles. The van der Waals surface area contributed by atoms with Crippen molar-refractivity contribution >= 4 is 39.1 Å². The van der Waals surface area contributed by atoms with Gasteiger partial charge in [-0.2, -0.15) is 0 Å². The number of amides is 1. The summed E-state index contributed by atoms with van der Waals surface area (Å²) in [5.41, 5.74) is 1.23. The minimum atomic E-state index is -0.912. The van der Waals surface area contributed by atoms with E-state index in [1.165, 1.54) is 4.90 Å². The molecule has 1 atom stereocenters. The minimum Gasteiger partial charge on any atom is -0.449 e. The Labute approximate surface area is 169 Å². The number of nitrogens with zero attached hydrogens (tertiary/aromatic N) is 1. The fourth-order valence-corrected chi connectivity index (χ4v) is 3.56. The molecule has 0 aliphatic heterocycles. The first kappa shape index (κ1) is 18.7. The van der Waals surface area contributed by atoms with Gasteiger partial charge in [0.05, 0.1) is 5.56 Å². The largest absolute Gasteiger partial charge is 0.449 e. The molecule has 4 aromatic carbocycles. The molecule has 0 bridgehead atoms. The molecule has 29 heavy (non-hydrogen) atoms. The van der Waals surface area contributed by atoms with Crippen LogP contribution in [-0.4, -0.2) is 25.0 Å². The normalized spacial score (nSPS) is 11.9. The first-order valence-electron chi connectivity index (χ1n) is 9.50. The van der Waals surface area contributed by atoms with Gasteiger partial charge < -0.3 is 9.64 Å². The zero-order valence-corrected chi connectivity index (χ0v) is 16.3. The molecule has 4 rings (SSSR count). The first-order chi connectivity index (χ1) is 14.1. The Hall–Kier alpha value is -3.66. The molecule has 0 radical (unpaired) electrons. The van der Waals surface area contributed by atoms with Crippen molar-refractivity contribution in [1.29, 1.82) is 0 Å². The van der Waals surface area contributed by atoms with Crippen molar-refractivity contribution in [1.82, 2.24) is 0 Å². The van der Waals surface area contributed by atoms with E-state index >= 15 is 0 Å². The van der Waals surface area contributed by atoms with Gasteiger partial charge in [-0.15, -0.1) is 0 Å². The van der Waals surface area contributed by atoms with Gasteiger partial charge in [-0.1, -0.05) is 66.7 Å². The van der Waals surface area contributed by atoms with Gasteiger partial charge in [0.2, 0.25) is 0 Å². The van der Waals surface area contributed by atoms with Gasteiger partial charge in [-0.3, -0.25) is 4.79 Å². The summed E-state index contributed by atoms with van der Waals surface area (Å²) in [5, 5.41) is 3.54. The van der Waals surface area contributed by atoms with Crippen LogP contribution >= 0.6 is 0 Å². The van der Waals surface area contributed by atoms with Crippen molar-refractivity contribution in [2.45, 2.75) is 13.0 Å². The van der Waals surface area contributed by atoms with Gasteiger partial charge in [0, 0.05) is 12.7 Å². The van der Waals surface area contributed by atoms with Crippen LogP contribution in [0.15, 0.2) is 84.9 Å². The Morgan fingerprint density at radius 2 is 1.31 bits per heavy atom. The highest BCUT2D eigenvalue weighted by Crippen LogP contribution is 2.29. The van der Waals surface area contributed by atoms with Crippen molar-refractivity contribution in [2.75, 3.05) is 11.9 Å². The molecule has 0 spiro atoms. The van der Waals surface area contributed by atoms with E-state index in [0.29, 0.717) is 5.56 Å². The van der Waals surface area contributed by atoms with E-state index in [0.717, 1.165) is 27.2 Å². The van der Waals surface area contributed by atoms with E-state index in [4.69, 9.17) is 4.74 Å². The fraction of sp³-hybridized carbons (Fsp3) is 0.120. The molecular formula is C25H21NO3. The molecule has 4 aromatic rings. The fourth-order valence-electron chi connectivity index (χ4n) is 3.56. The van der Waals surface area contributed by atoms with E-state index in [9.17, 15) is 9.59 Å². The lowest BCUT2D eigenvalue weighted by Crippen LogP contribution is -2.37. The molecule has 1 unspecified atom stereocenters. The van der Waals surface area contributed by atoms with Gasteiger partial charge in [0.1, 0.15) is 0 Å². The standard InChI is InChI=1S/C25H21NO3/c1-17(24(27)26(2)20-12-4-3-5-13-20)29-25(28)23-21-14-8-6-10-18(21)16-19-11-7-9-15-22(19)23/h3-17H,1-2H3. The molecule has 4 nitrogen and oxygen atoms in total. The molecule has 144 valence electrons. The summed E-state index contributed by atoms with van der Waals surface area (Å²) in [6.07, 6.45) is -0.912. The van der Waals surface area contributed by atoms with Crippen LogP contribution in [0.5, 0.6) is 0 Å². The van der Waals surface area contributed by atoms with E-state index in [1.807, 2.05) is 78.9 Å². The van der Waals surface area contributed by atoms with Crippen LogP contribution in [0.1, 0.15) is 17.3 Å². The van der Waals surface area contributed by atoms with Crippen molar-refractivity contribution in [2.24, 2.45) is 0 Å². The molecule has 0 aliphatic rings. The van der Waals surface area contributed by atoms with Crippen molar-refractivity contribution in [3.63, 3.8) is 0 Å². The van der Waals surface area contributed by atoms with Crippen molar-refractivity contribution in [3.05, 3.63) is 90.5 Å². The first-order valence-corrected chi connectivity index (χ1v) is 9.50. The number of esters is 1. The second kappa shape index (κ2) is 7.76. The summed E-state index contributed by atoms with van der Waals surface area (Å²) >= 11 is 0. The number of anilines is 1.